The molecule has 1 aromatic carbocycles. The summed E-state index contributed by atoms with van der Waals surface area (Å²) in [5.74, 6) is -1.20. The number of amides is 3. The Morgan fingerprint density at radius 3 is 2.44 bits per heavy atom. The van der Waals surface area contributed by atoms with Gasteiger partial charge >= 0.3 is 0 Å². The molecule has 11 heteroatoms. The second-order valence-electron chi connectivity index (χ2n) is 9.70. The van der Waals surface area contributed by atoms with Crippen molar-refractivity contribution in [1.82, 2.24) is 15.1 Å². The van der Waals surface area contributed by atoms with Crippen molar-refractivity contribution in [2.45, 2.75) is 52.5 Å². The number of primary amides is 1. The van der Waals surface area contributed by atoms with Crippen LogP contribution >= 0.6 is 0 Å². The van der Waals surface area contributed by atoms with Crippen molar-refractivity contribution >= 4 is 29.6 Å². The Morgan fingerprint density at radius 2 is 1.85 bits per heavy atom. The van der Waals surface area contributed by atoms with E-state index in [9.17, 15) is 9.59 Å². The van der Waals surface area contributed by atoms with E-state index in [-0.39, 0.29) is 29.5 Å². The molecule has 2 fully saturated rings. The second kappa shape index (κ2) is 15.8. The average Bonchev–Trinajstić information content (AvgIpc) is 3.40. The lowest BCUT2D eigenvalue weighted by Gasteiger charge is -2.34. The molecule has 216 valence electrons. The fourth-order valence-corrected chi connectivity index (χ4v) is 4.71. The molecule has 0 saturated carbocycles. The van der Waals surface area contributed by atoms with Crippen molar-refractivity contribution in [1.29, 1.82) is 0 Å². The van der Waals surface area contributed by atoms with E-state index in [4.69, 9.17) is 9.53 Å². The van der Waals surface area contributed by atoms with Crippen LogP contribution in [0.3, 0.4) is 0 Å². The predicted molar refractivity (Wildman–Crippen MR) is 152 cm³/mol. The molecule has 3 aliphatic heterocycles. The van der Waals surface area contributed by atoms with Gasteiger partial charge in [0.05, 0.1) is 18.4 Å². The summed E-state index contributed by atoms with van der Waals surface area (Å²) in [6.07, 6.45) is 5.31. The van der Waals surface area contributed by atoms with Crippen LogP contribution < -0.4 is 20.7 Å². The van der Waals surface area contributed by atoms with E-state index < -0.39 is 11.9 Å². The van der Waals surface area contributed by atoms with Crippen LogP contribution in [0.2, 0.25) is 0 Å². The molecule has 0 spiro atoms. The third kappa shape index (κ3) is 8.51. The van der Waals surface area contributed by atoms with Crippen molar-refractivity contribution in [3.8, 4) is 5.75 Å². The Labute approximate surface area is 231 Å². The number of dihydropyridines is 1. The molecule has 0 aromatic heterocycles. The third-order valence-corrected chi connectivity index (χ3v) is 6.58. The summed E-state index contributed by atoms with van der Waals surface area (Å²) in [4.78, 5) is 45.0. The molecule has 39 heavy (non-hydrogen) atoms. The van der Waals surface area contributed by atoms with Crippen molar-refractivity contribution in [2.75, 3.05) is 58.3 Å². The van der Waals surface area contributed by atoms with Crippen LogP contribution in [0.5, 0.6) is 5.75 Å². The SMILES string of the molecule is CCC.COc1c(C(=O)N2CCCC2C(=O)NC2=CC(C)=NCC2)ccc(N2CCN(C)CC2)c1F.NC=O. The van der Waals surface area contributed by atoms with Crippen molar-refractivity contribution in [3.63, 3.8) is 0 Å². The molecule has 0 aliphatic carbocycles. The van der Waals surface area contributed by atoms with Crippen LogP contribution in [0.1, 0.15) is 56.8 Å². The number of anilines is 1. The average molecular weight is 547 g/mol. The lowest BCUT2D eigenvalue weighted by molar-refractivity contribution is -0.124. The summed E-state index contributed by atoms with van der Waals surface area (Å²) in [5, 5.41) is 2.95. The Morgan fingerprint density at radius 1 is 1.21 bits per heavy atom. The molecule has 3 amide bonds. The first-order valence-corrected chi connectivity index (χ1v) is 13.5. The van der Waals surface area contributed by atoms with E-state index in [1.807, 2.05) is 24.9 Å². The van der Waals surface area contributed by atoms with Crippen LogP contribution in [0.15, 0.2) is 28.9 Å². The second-order valence-corrected chi connectivity index (χ2v) is 9.70. The van der Waals surface area contributed by atoms with E-state index in [0.717, 1.165) is 24.5 Å². The number of carbonyl (C=O) groups excluding carboxylic acids is 3. The molecule has 3 aliphatic rings. The van der Waals surface area contributed by atoms with Gasteiger partial charge in [0.2, 0.25) is 12.3 Å². The highest BCUT2D eigenvalue weighted by molar-refractivity contribution is 6.01. The number of hydrogen-bond donors (Lipinski definition) is 2. The van der Waals surface area contributed by atoms with Gasteiger partial charge in [-0.25, -0.2) is 4.39 Å². The fraction of sp³-hybridized carbons (Fsp3) is 0.571. The predicted octanol–water partition coefficient (Wildman–Crippen LogP) is 2.57. The van der Waals surface area contributed by atoms with Gasteiger partial charge in [-0.1, -0.05) is 20.3 Å². The first-order chi connectivity index (χ1) is 18.7. The maximum Gasteiger partial charge on any atom is 0.258 e. The number of methoxy groups -OCH3 is 1. The van der Waals surface area contributed by atoms with Gasteiger partial charge in [0.1, 0.15) is 6.04 Å². The molecule has 4 rings (SSSR count). The number of rotatable bonds is 5. The highest BCUT2D eigenvalue weighted by atomic mass is 19.1. The van der Waals surface area contributed by atoms with Gasteiger partial charge in [0, 0.05) is 57.1 Å². The highest BCUT2D eigenvalue weighted by Crippen LogP contribution is 2.34. The number of nitrogens with zero attached hydrogens (tertiary/aromatic N) is 4. The molecule has 2 saturated heterocycles. The Hall–Kier alpha value is -3.47. The summed E-state index contributed by atoms with van der Waals surface area (Å²) in [6, 6.07) is 2.67. The van der Waals surface area contributed by atoms with Crippen LogP contribution in [0.4, 0.5) is 10.1 Å². The molecule has 1 aromatic rings. The first kappa shape index (κ1) is 31.7. The minimum atomic E-state index is -0.595. The van der Waals surface area contributed by atoms with Gasteiger partial charge in [-0.05, 0) is 45.0 Å². The normalized spacial score (nSPS) is 19.0. The zero-order chi connectivity index (χ0) is 28.9. The van der Waals surface area contributed by atoms with E-state index >= 15 is 4.39 Å². The maximum atomic E-state index is 15.4. The summed E-state index contributed by atoms with van der Waals surface area (Å²) >= 11 is 0. The lowest BCUT2D eigenvalue weighted by atomic mass is 10.1. The lowest BCUT2D eigenvalue weighted by Crippen LogP contribution is -2.46. The van der Waals surface area contributed by atoms with Gasteiger partial charge in [-0.2, -0.15) is 0 Å². The van der Waals surface area contributed by atoms with Crippen LogP contribution in [-0.4, -0.2) is 93.2 Å². The van der Waals surface area contributed by atoms with Crippen LogP contribution in [0.25, 0.3) is 0 Å². The molecular weight excluding hydrogens is 503 g/mol. The summed E-state index contributed by atoms with van der Waals surface area (Å²) in [6.45, 7) is 10.3. The van der Waals surface area contributed by atoms with E-state index in [1.165, 1.54) is 18.4 Å². The number of halogens is 1. The zero-order valence-corrected chi connectivity index (χ0v) is 23.8. The van der Waals surface area contributed by atoms with Gasteiger partial charge in [-0.3, -0.25) is 19.4 Å². The van der Waals surface area contributed by atoms with E-state index in [2.05, 4.69) is 34.8 Å². The number of likely N-dealkylation sites (tertiary alicyclic amines) is 1. The third-order valence-electron chi connectivity index (χ3n) is 6.58. The number of aliphatic imine (C=N–C) groups is 1. The van der Waals surface area contributed by atoms with Crippen molar-refractivity contribution in [3.05, 3.63) is 35.3 Å². The first-order valence-electron chi connectivity index (χ1n) is 13.5. The topological polar surface area (TPSA) is 121 Å². The van der Waals surface area contributed by atoms with Crippen molar-refractivity contribution < 1.29 is 23.5 Å². The number of nitrogens with one attached hydrogen (secondary N) is 1. The zero-order valence-electron chi connectivity index (χ0n) is 23.8. The fourth-order valence-electron chi connectivity index (χ4n) is 4.71. The number of hydrogen-bond acceptors (Lipinski definition) is 7. The molecule has 1 atom stereocenters. The minimum absolute atomic E-state index is 0.0655. The van der Waals surface area contributed by atoms with Gasteiger partial charge in [0.25, 0.3) is 5.91 Å². The molecule has 0 radical (unpaired) electrons. The highest BCUT2D eigenvalue weighted by Gasteiger charge is 2.37. The summed E-state index contributed by atoms with van der Waals surface area (Å²) < 4.78 is 20.8. The largest absolute Gasteiger partial charge is 0.493 e. The van der Waals surface area contributed by atoms with Gasteiger partial charge in [-0.15, -0.1) is 0 Å². The number of ether oxygens (including phenoxy) is 1. The summed E-state index contributed by atoms with van der Waals surface area (Å²) in [7, 11) is 3.41. The van der Waals surface area contributed by atoms with E-state index in [1.54, 1.807) is 12.1 Å². The smallest absolute Gasteiger partial charge is 0.258 e. The quantitative estimate of drug-likeness (QED) is 0.548. The molecule has 1 unspecified atom stereocenters. The minimum Gasteiger partial charge on any atom is -0.493 e. The Bertz CT molecular complexity index is 1050. The molecule has 3 N–H and O–H groups in total. The number of piperazine rings is 1. The monoisotopic (exact) mass is 546 g/mol. The number of benzene rings is 1. The maximum absolute atomic E-state index is 15.4. The van der Waals surface area contributed by atoms with Crippen LogP contribution in [0, 0.1) is 5.82 Å². The standard InChI is InChI=1S/C24H32FN5O3.C3H8.CH3NO/c1-16-15-17(8-9-26-16)27-23(31)20-5-4-10-30(20)24(32)18-6-7-19(21(25)22(18)33-3)29-13-11-28(2)12-14-29;1-3-2;2-1-3/h6-7,15,20H,4-5,8-14H2,1-3H3,(H,27,31);3H2,1-2H3;1H,(H2,2,3). The Kier molecular flexibility index (Phi) is 12.9. The van der Waals surface area contributed by atoms with Crippen molar-refractivity contribution in [2.24, 2.45) is 10.7 Å². The van der Waals surface area contributed by atoms with Crippen LogP contribution in [-0.2, 0) is 9.59 Å². The number of nitrogens with two attached hydrogens (primary N) is 1. The number of carbonyl (C=O) groups is 3. The number of allylic oxidation sites excluding steroid dienone is 1. The molecule has 10 nitrogen and oxygen atoms in total. The number of likely N-dealkylation sites (N-methyl/N-ethyl adjacent to an activating group) is 1. The van der Waals surface area contributed by atoms with E-state index in [0.29, 0.717) is 51.1 Å². The molecular formula is C28H43FN6O4. The summed E-state index contributed by atoms with van der Waals surface area (Å²) in [5.41, 5.74) is 6.43. The molecule has 3 heterocycles. The molecule has 0 bridgehead atoms. The Balaban J connectivity index is 0.000000815. The van der Waals surface area contributed by atoms with Gasteiger partial charge < -0.3 is 30.5 Å². The van der Waals surface area contributed by atoms with Gasteiger partial charge in [0.15, 0.2) is 11.6 Å².